The van der Waals surface area contributed by atoms with Gasteiger partial charge in [0.2, 0.25) is 23.4 Å². The summed E-state index contributed by atoms with van der Waals surface area (Å²) < 4.78 is 10.6. The number of Topliss-reactive ketones (excluding diaryl/α,β-unsaturated/α-hetero) is 1. The number of morpholine rings is 1. The van der Waals surface area contributed by atoms with Gasteiger partial charge in [-0.15, -0.1) is 0 Å². The maximum Gasteiger partial charge on any atom is 0.296 e. The number of hydrogen-bond donors (Lipinski definition) is 1. The first-order chi connectivity index (χ1) is 17.5. The minimum atomic E-state index is -0.797. The maximum atomic E-state index is 13.4. The van der Waals surface area contributed by atoms with Gasteiger partial charge in [0.15, 0.2) is 0 Å². The van der Waals surface area contributed by atoms with Crippen LogP contribution in [0.4, 0.5) is 0 Å². The van der Waals surface area contributed by atoms with Crippen molar-refractivity contribution >= 4 is 17.6 Å². The van der Waals surface area contributed by atoms with Crippen LogP contribution >= 0.6 is 0 Å². The zero-order chi connectivity index (χ0) is 25.3. The molecule has 2 aliphatic rings. The zero-order valence-corrected chi connectivity index (χ0v) is 21.0. The SMILES string of the molecule is CC[C@H](NC(=O)[C@@H](CC(=O)N1CCOCC1)CC1CCCCC1)C(=O)c1nc(-c2ccccc2)no1. The normalized spacial score (nSPS) is 18.4. The van der Waals surface area contributed by atoms with E-state index >= 15 is 0 Å². The molecular formula is C27H36N4O5. The fourth-order valence-electron chi connectivity index (χ4n) is 5.08. The second kappa shape index (κ2) is 12.8. The highest BCUT2D eigenvalue weighted by Gasteiger charge is 2.32. The number of aromatic nitrogens is 2. The van der Waals surface area contributed by atoms with Gasteiger partial charge >= 0.3 is 0 Å². The van der Waals surface area contributed by atoms with Crippen molar-refractivity contribution in [1.82, 2.24) is 20.4 Å². The van der Waals surface area contributed by atoms with Gasteiger partial charge in [0.05, 0.1) is 19.3 Å². The number of benzene rings is 1. The molecular weight excluding hydrogens is 460 g/mol. The van der Waals surface area contributed by atoms with Crippen LogP contribution in [0.15, 0.2) is 34.9 Å². The molecule has 2 amide bonds. The van der Waals surface area contributed by atoms with Crippen LogP contribution < -0.4 is 5.32 Å². The van der Waals surface area contributed by atoms with Gasteiger partial charge in [0.25, 0.3) is 5.89 Å². The van der Waals surface area contributed by atoms with Gasteiger partial charge < -0.3 is 19.5 Å². The molecule has 0 unspecified atom stereocenters. The third kappa shape index (κ3) is 6.78. The van der Waals surface area contributed by atoms with E-state index in [1.54, 1.807) is 4.90 Å². The Kier molecular flexibility index (Phi) is 9.22. The van der Waals surface area contributed by atoms with Crippen molar-refractivity contribution in [3.05, 3.63) is 36.2 Å². The number of nitrogens with zero attached hydrogens (tertiary/aromatic N) is 3. The second-order valence-corrected chi connectivity index (χ2v) is 9.76. The third-order valence-electron chi connectivity index (χ3n) is 7.21. The second-order valence-electron chi connectivity index (χ2n) is 9.76. The molecule has 9 heteroatoms. The topological polar surface area (TPSA) is 115 Å². The molecule has 36 heavy (non-hydrogen) atoms. The van der Waals surface area contributed by atoms with E-state index < -0.39 is 17.7 Å². The molecule has 2 heterocycles. The molecule has 0 spiro atoms. The molecule has 4 rings (SSSR count). The first kappa shape index (κ1) is 26.0. The van der Waals surface area contributed by atoms with Gasteiger partial charge in [-0.2, -0.15) is 4.98 Å². The number of amides is 2. The molecule has 1 aliphatic heterocycles. The van der Waals surface area contributed by atoms with Crippen molar-refractivity contribution in [3.63, 3.8) is 0 Å². The number of carbonyl (C=O) groups is 3. The molecule has 2 aromatic rings. The Balaban J connectivity index is 1.43. The fourth-order valence-corrected chi connectivity index (χ4v) is 5.08. The predicted octanol–water partition coefficient (Wildman–Crippen LogP) is 3.65. The highest BCUT2D eigenvalue weighted by Crippen LogP contribution is 2.31. The van der Waals surface area contributed by atoms with Crippen LogP contribution in [0.5, 0.6) is 0 Å². The van der Waals surface area contributed by atoms with Crippen LogP contribution in [-0.2, 0) is 14.3 Å². The number of ketones is 1. The van der Waals surface area contributed by atoms with Crippen molar-refractivity contribution < 1.29 is 23.6 Å². The number of ether oxygens (including phenoxy) is 1. The fraction of sp³-hybridized carbons (Fsp3) is 0.593. The molecule has 9 nitrogen and oxygen atoms in total. The summed E-state index contributed by atoms with van der Waals surface area (Å²) in [5.41, 5.74) is 0.742. The Morgan fingerprint density at radius 3 is 2.50 bits per heavy atom. The first-order valence-corrected chi connectivity index (χ1v) is 13.1. The smallest absolute Gasteiger partial charge is 0.296 e. The van der Waals surface area contributed by atoms with E-state index in [2.05, 4.69) is 15.5 Å². The summed E-state index contributed by atoms with van der Waals surface area (Å²) in [6.45, 7) is 3.97. The van der Waals surface area contributed by atoms with Crippen molar-refractivity contribution in [1.29, 1.82) is 0 Å². The van der Waals surface area contributed by atoms with Gasteiger partial charge in [0, 0.05) is 31.0 Å². The Hall–Kier alpha value is -3.07. The van der Waals surface area contributed by atoms with Gasteiger partial charge in [0.1, 0.15) is 0 Å². The Morgan fingerprint density at radius 1 is 1.08 bits per heavy atom. The van der Waals surface area contributed by atoms with E-state index in [0.717, 1.165) is 31.2 Å². The summed E-state index contributed by atoms with van der Waals surface area (Å²) >= 11 is 0. The lowest BCUT2D eigenvalue weighted by atomic mass is 9.81. The van der Waals surface area contributed by atoms with Crippen LogP contribution in [-0.4, -0.2) is 65.0 Å². The molecule has 1 N–H and O–H groups in total. The summed E-state index contributed by atoms with van der Waals surface area (Å²) in [5.74, 6) is -0.569. The Morgan fingerprint density at radius 2 is 1.81 bits per heavy atom. The highest BCUT2D eigenvalue weighted by molar-refractivity contribution is 5.99. The van der Waals surface area contributed by atoms with Crippen molar-refractivity contribution in [3.8, 4) is 11.4 Å². The largest absolute Gasteiger partial charge is 0.378 e. The minimum absolute atomic E-state index is 0.0296. The van der Waals surface area contributed by atoms with Crippen LogP contribution in [0.2, 0.25) is 0 Å². The average Bonchev–Trinajstić information content (AvgIpc) is 3.43. The molecule has 2 atom stereocenters. The van der Waals surface area contributed by atoms with Gasteiger partial charge in [-0.1, -0.05) is 74.5 Å². The quantitative estimate of drug-likeness (QED) is 0.499. The summed E-state index contributed by atoms with van der Waals surface area (Å²) in [5, 5.41) is 6.83. The van der Waals surface area contributed by atoms with Crippen LogP contribution in [0, 0.1) is 11.8 Å². The van der Waals surface area contributed by atoms with Crippen molar-refractivity contribution in [2.45, 2.75) is 64.3 Å². The molecule has 0 radical (unpaired) electrons. The Labute approximate surface area is 212 Å². The summed E-state index contributed by atoms with van der Waals surface area (Å²) in [4.78, 5) is 45.6. The van der Waals surface area contributed by atoms with E-state index in [9.17, 15) is 14.4 Å². The minimum Gasteiger partial charge on any atom is -0.378 e. The lowest BCUT2D eigenvalue weighted by Crippen LogP contribution is -2.46. The summed E-state index contributed by atoms with van der Waals surface area (Å²) in [7, 11) is 0. The van der Waals surface area contributed by atoms with Gasteiger partial charge in [-0.25, -0.2) is 0 Å². The monoisotopic (exact) mass is 496 g/mol. The molecule has 1 aliphatic carbocycles. The van der Waals surface area contributed by atoms with E-state index in [1.807, 2.05) is 37.3 Å². The average molecular weight is 497 g/mol. The van der Waals surface area contributed by atoms with Crippen LogP contribution in [0.25, 0.3) is 11.4 Å². The predicted molar refractivity (Wildman–Crippen MR) is 133 cm³/mol. The molecule has 1 aromatic heterocycles. The van der Waals surface area contributed by atoms with Gasteiger partial charge in [-0.05, 0) is 18.8 Å². The van der Waals surface area contributed by atoms with Crippen molar-refractivity contribution in [2.24, 2.45) is 11.8 Å². The number of hydrogen-bond acceptors (Lipinski definition) is 7. The molecule has 1 saturated carbocycles. The maximum absolute atomic E-state index is 13.4. The first-order valence-electron chi connectivity index (χ1n) is 13.1. The zero-order valence-electron chi connectivity index (χ0n) is 21.0. The number of carbonyl (C=O) groups excluding carboxylic acids is 3. The molecule has 1 aromatic carbocycles. The number of nitrogens with one attached hydrogen (secondary N) is 1. The van der Waals surface area contributed by atoms with E-state index in [0.29, 0.717) is 50.9 Å². The molecule has 2 fully saturated rings. The summed E-state index contributed by atoms with van der Waals surface area (Å²) in [6.07, 6.45) is 6.88. The van der Waals surface area contributed by atoms with E-state index in [-0.39, 0.29) is 24.1 Å². The van der Waals surface area contributed by atoms with E-state index in [4.69, 9.17) is 9.26 Å². The molecule has 1 saturated heterocycles. The third-order valence-corrected chi connectivity index (χ3v) is 7.21. The Bertz CT molecular complexity index is 1010. The number of rotatable bonds is 10. The lowest BCUT2D eigenvalue weighted by Gasteiger charge is -2.30. The van der Waals surface area contributed by atoms with E-state index in [1.165, 1.54) is 6.42 Å². The lowest BCUT2D eigenvalue weighted by molar-refractivity contribution is -0.140. The van der Waals surface area contributed by atoms with Crippen LogP contribution in [0.3, 0.4) is 0 Å². The molecule has 194 valence electrons. The van der Waals surface area contributed by atoms with Gasteiger partial charge in [-0.3, -0.25) is 14.4 Å². The molecule has 0 bridgehead atoms. The van der Waals surface area contributed by atoms with Crippen molar-refractivity contribution in [2.75, 3.05) is 26.3 Å². The highest BCUT2D eigenvalue weighted by atomic mass is 16.5. The van der Waals surface area contributed by atoms with Crippen LogP contribution in [0.1, 0.15) is 69.0 Å². The summed E-state index contributed by atoms with van der Waals surface area (Å²) in [6, 6.07) is 8.46. The standard InChI is InChI=1S/C27H36N4O5/c1-2-22(24(33)27-29-25(30-36-27)20-11-7-4-8-12-20)28-26(34)21(17-19-9-5-3-6-10-19)18-23(32)31-13-15-35-16-14-31/h4,7-8,11-12,19,21-22H,2-3,5-6,9-10,13-18H2,1H3,(H,28,34)/t21-,22+/m1/s1.